The Morgan fingerprint density at radius 1 is 1.22 bits per heavy atom. The second kappa shape index (κ2) is 7.98. The van der Waals surface area contributed by atoms with Crippen molar-refractivity contribution in [1.82, 2.24) is 15.2 Å². The maximum Gasteiger partial charge on any atom is 0.265 e. The van der Waals surface area contributed by atoms with E-state index < -0.39 is 0 Å². The Morgan fingerprint density at radius 2 is 1.89 bits per heavy atom. The number of aryl methyl sites for hydroxylation is 1. The van der Waals surface area contributed by atoms with Gasteiger partial charge < -0.3 is 15.0 Å². The van der Waals surface area contributed by atoms with E-state index >= 15 is 0 Å². The zero-order valence-corrected chi connectivity index (χ0v) is 16.8. The fourth-order valence-corrected chi connectivity index (χ4v) is 5.18. The molecule has 2 aromatic rings. The summed E-state index contributed by atoms with van der Waals surface area (Å²) in [5.41, 5.74) is 1.86. The molecule has 4 rings (SSSR count). The second-order valence-corrected chi connectivity index (χ2v) is 8.44. The van der Waals surface area contributed by atoms with Crippen molar-refractivity contribution in [2.24, 2.45) is 11.8 Å². The third-order valence-corrected chi connectivity index (χ3v) is 6.90. The van der Waals surface area contributed by atoms with Gasteiger partial charge in [-0.3, -0.25) is 4.79 Å². The number of thiazole rings is 1. The smallest absolute Gasteiger partial charge is 0.265 e. The van der Waals surface area contributed by atoms with Crippen LogP contribution < -0.4 is 10.1 Å². The van der Waals surface area contributed by atoms with Crippen molar-refractivity contribution in [2.75, 3.05) is 32.8 Å². The van der Waals surface area contributed by atoms with E-state index in [0.717, 1.165) is 77.7 Å². The van der Waals surface area contributed by atoms with Crippen LogP contribution >= 0.6 is 11.3 Å². The Labute approximate surface area is 164 Å². The van der Waals surface area contributed by atoms with Crippen LogP contribution in [0.15, 0.2) is 24.3 Å². The standard InChI is InChI=1S/C21H27N3O2S/c1-3-26-18-6-4-15(5-7-18)20-23-14(2)19(27-20)21(25)24-10-8-16-12-22-13-17(16)9-11-24/h4-7,16-17,22H,3,8-13H2,1-2H3/t16-,17+. The predicted octanol–water partition coefficient (Wildman–Crippen LogP) is 3.59. The van der Waals surface area contributed by atoms with Gasteiger partial charge in [-0.2, -0.15) is 0 Å². The van der Waals surface area contributed by atoms with Gasteiger partial charge in [-0.1, -0.05) is 0 Å². The molecule has 6 heteroatoms. The van der Waals surface area contributed by atoms with Crippen LogP contribution in [-0.4, -0.2) is 48.6 Å². The molecule has 2 fully saturated rings. The van der Waals surface area contributed by atoms with Crippen molar-refractivity contribution >= 4 is 17.2 Å². The van der Waals surface area contributed by atoms with Gasteiger partial charge in [0.1, 0.15) is 15.6 Å². The molecule has 1 amide bonds. The molecule has 2 atom stereocenters. The van der Waals surface area contributed by atoms with Gasteiger partial charge in [0, 0.05) is 18.7 Å². The van der Waals surface area contributed by atoms with Crippen molar-refractivity contribution < 1.29 is 9.53 Å². The monoisotopic (exact) mass is 385 g/mol. The number of carbonyl (C=O) groups is 1. The van der Waals surface area contributed by atoms with Crippen LogP contribution in [0.4, 0.5) is 0 Å². The molecular weight excluding hydrogens is 358 g/mol. The summed E-state index contributed by atoms with van der Waals surface area (Å²) in [6.07, 6.45) is 2.21. The van der Waals surface area contributed by atoms with Crippen molar-refractivity contribution in [3.05, 3.63) is 34.8 Å². The molecule has 2 aliphatic rings. The van der Waals surface area contributed by atoms with E-state index in [4.69, 9.17) is 4.74 Å². The van der Waals surface area contributed by atoms with Crippen LogP contribution in [0.2, 0.25) is 0 Å². The first-order valence-corrected chi connectivity index (χ1v) is 10.7. The van der Waals surface area contributed by atoms with Gasteiger partial charge in [0.2, 0.25) is 0 Å². The van der Waals surface area contributed by atoms with Crippen LogP contribution in [0.3, 0.4) is 0 Å². The van der Waals surface area contributed by atoms with Gasteiger partial charge >= 0.3 is 0 Å². The minimum absolute atomic E-state index is 0.148. The normalized spacial score (nSPS) is 22.4. The third-order valence-electron chi connectivity index (χ3n) is 5.71. The Balaban J connectivity index is 1.49. The lowest BCUT2D eigenvalue weighted by Crippen LogP contribution is -2.32. The molecule has 0 saturated carbocycles. The van der Waals surface area contributed by atoms with E-state index in [1.165, 1.54) is 11.3 Å². The number of nitrogens with one attached hydrogen (secondary N) is 1. The molecule has 0 unspecified atom stereocenters. The lowest BCUT2D eigenvalue weighted by atomic mass is 9.92. The summed E-state index contributed by atoms with van der Waals surface area (Å²) in [5, 5.41) is 4.39. The number of carbonyl (C=O) groups excluding carboxylic acids is 1. The van der Waals surface area contributed by atoms with Crippen molar-refractivity contribution in [3.63, 3.8) is 0 Å². The number of benzene rings is 1. The lowest BCUT2D eigenvalue weighted by Gasteiger charge is -2.20. The van der Waals surface area contributed by atoms with Crippen LogP contribution in [-0.2, 0) is 0 Å². The Kier molecular flexibility index (Phi) is 5.45. The lowest BCUT2D eigenvalue weighted by molar-refractivity contribution is 0.0762. The molecule has 0 aliphatic carbocycles. The summed E-state index contributed by atoms with van der Waals surface area (Å²) in [6.45, 7) is 8.50. The third kappa shape index (κ3) is 3.87. The van der Waals surface area contributed by atoms with Crippen molar-refractivity contribution in [3.8, 4) is 16.3 Å². The highest BCUT2D eigenvalue weighted by Crippen LogP contribution is 2.32. The number of nitrogens with zero attached hydrogens (tertiary/aromatic N) is 2. The van der Waals surface area contributed by atoms with E-state index in [1.54, 1.807) is 0 Å². The van der Waals surface area contributed by atoms with E-state index in [-0.39, 0.29) is 5.91 Å². The number of amides is 1. The van der Waals surface area contributed by atoms with Crippen molar-refractivity contribution in [2.45, 2.75) is 26.7 Å². The average Bonchev–Trinajstić information content (AvgIpc) is 3.23. The molecular formula is C21H27N3O2S. The Bertz CT molecular complexity index is 788. The van der Waals surface area contributed by atoms with E-state index in [0.29, 0.717) is 6.61 Å². The number of rotatable bonds is 4. The van der Waals surface area contributed by atoms with Gasteiger partial charge in [-0.25, -0.2) is 4.98 Å². The van der Waals surface area contributed by atoms with E-state index in [9.17, 15) is 4.79 Å². The number of fused-ring (bicyclic) bond motifs is 1. The molecule has 5 nitrogen and oxygen atoms in total. The van der Waals surface area contributed by atoms with Crippen LogP contribution in [0.25, 0.3) is 10.6 Å². The quantitative estimate of drug-likeness (QED) is 0.874. The van der Waals surface area contributed by atoms with Crippen LogP contribution in [0.1, 0.15) is 35.1 Å². The summed E-state index contributed by atoms with van der Waals surface area (Å²) in [4.78, 5) is 20.6. The molecule has 3 heterocycles. The van der Waals surface area contributed by atoms with Gasteiger partial charge in [-0.05, 0) is 75.9 Å². The maximum absolute atomic E-state index is 13.1. The summed E-state index contributed by atoms with van der Waals surface area (Å²) >= 11 is 1.51. The zero-order valence-electron chi connectivity index (χ0n) is 16.0. The summed E-state index contributed by atoms with van der Waals surface area (Å²) in [5.74, 6) is 2.46. The first kappa shape index (κ1) is 18.4. The van der Waals surface area contributed by atoms with E-state index in [2.05, 4.69) is 10.3 Å². The zero-order chi connectivity index (χ0) is 18.8. The Hall–Kier alpha value is -1.92. The number of likely N-dealkylation sites (tertiary alicyclic amines) is 1. The number of hydrogen-bond donors (Lipinski definition) is 1. The molecule has 1 N–H and O–H groups in total. The predicted molar refractivity (Wildman–Crippen MR) is 108 cm³/mol. The first-order chi connectivity index (χ1) is 13.2. The largest absolute Gasteiger partial charge is 0.494 e. The minimum atomic E-state index is 0.148. The van der Waals surface area contributed by atoms with Gasteiger partial charge in [-0.15, -0.1) is 11.3 Å². The first-order valence-electron chi connectivity index (χ1n) is 9.86. The van der Waals surface area contributed by atoms with Gasteiger partial charge in [0.05, 0.1) is 12.3 Å². The maximum atomic E-state index is 13.1. The highest BCUT2D eigenvalue weighted by molar-refractivity contribution is 7.17. The molecule has 2 aliphatic heterocycles. The molecule has 0 spiro atoms. The fraction of sp³-hybridized carbons (Fsp3) is 0.524. The van der Waals surface area contributed by atoms with E-state index in [1.807, 2.05) is 43.0 Å². The summed E-state index contributed by atoms with van der Waals surface area (Å²) < 4.78 is 5.50. The molecule has 1 aromatic carbocycles. The Morgan fingerprint density at radius 3 is 2.52 bits per heavy atom. The van der Waals surface area contributed by atoms with Crippen LogP contribution in [0.5, 0.6) is 5.75 Å². The molecule has 0 bridgehead atoms. The van der Waals surface area contributed by atoms with Crippen LogP contribution in [0, 0.1) is 18.8 Å². The minimum Gasteiger partial charge on any atom is -0.494 e. The van der Waals surface area contributed by atoms with Crippen molar-refractivity contribution in [1.29, 1.82) is 0 Å². The topological polar surface area (TPSA) is 54.5 Å². The molecule has 144 valence electrons. The molecule has 2 saturated heterocycles. The highest BCUT2D eigenvalue weighted by Gasteiger charge is 2.32. The number of hydrogen-bond acceptors (Lipinski definition) is 5. The average molecular weight is 386 g/mol. The SMILES string of the molecule is CCOc1ccc(-c2nc(C)c(C(=O)N3CC[C@@H]4CNC[C@@H]4CC3)s2)cc1. The highest BCUT2D eigenvalue weighted by atomic mass is 32.1. The fourth-order valence-electron chi connectivity index (χ4n) is 4.14. The summed E-state index contributed by atoms with van der Waals surface area (Å²) in [7, 11) is 0. The summed E-state index contributed by atoms with van der Waals surface area (Å²) in [6, 6.07) is 7.94. The number of aromatic nitrogens is 1. The number of ether oxygens (including phenoxy) is 1. The molecule has 27 heavy (non-hydrogen) atoms. The van der Waals surface area contributed by atoms with Gasteiger partial charge in [0.15, 0.2) is 0 Å². The molecule has 0 radical (unpaired) electrons. The molecule has 1 aromatic heterocycles. The van der Waals surface area contributed by atoms with Gasteiger partial charge in [0.25, 0.3) is 5.91 Å². The second-order valence-electron chi connectivity index (χ2n) is 7.44.